The Hall–Kier alpha value is -1.37. The summed E-state index contributed by atoms with van der Waals surface area (Å²) in [4.78, 5) is 24.8. The zero-order valence-electron chi connectivity index (χ0n) is 11.4. The fourth-order valence-corrected chi connectivity index (χ4v) is 2.64. The Morgan fingerprint density at radius 1 is 1.60 bits per heavy atom. The van der Waals surface area contributed by atoms with Gasteiger partial charge in [0.15, 0.2) is 0 Å². The Labute approximate surface area is 126 Å². The third-order valence-electron chi connectivity index (χ3n) is 3.73. The summed E-state index contributed by atoms with van der Waals surface area (Å²) in [6.07, 6.45) is 5.47. The standard InChI is InChI=1S/C13H18BrN3O3/c1-15-9-11(17(19)20)8-12(15)13(18)16(7-3-6-14)10-4-2-5-10/h8-10H,2-7H2,1H3. The zero-order chi connectivity index (χ0) is 14.7. The lowest BCUT2D eigenvalue weighted by Crippen LogP contribution is -2.45. The first kappa shape index (κ1) is 15.0. The highest BCUT2D eigenvalue weighted by Gasteiger charge is 2.31. The number of aryl methyl sites for hydroxylation is 1. The second kappa shape index (κ2) is 6.39. The number of nitrogens with zero attached hydrogens (tertiary/aromatic N) is 3. The van der Waals surface area contributed by atoms with Crippen LogP contribution < -0.4 is 0 Å². The molecule has 0 unspecified atom stereocenters. The number of carbonyl (C=O) groups excluding carboxylic acids is 1. The van der Waals surface area contributed by atoms with Gasteiger partial charge in [-0.05, 0) is 25.7 Å². The highest BCUT2D eigenvalue weighted by atomic mass is 79.9. The van der Waals surface area contributed by atoms with Crippen LogP contribution in [0.1, 0.15) is 36.2 Å². The molecule has 0 N–H and O–H groups in total. The van der Waals surface area contributed by atoms with Gasteiger partial charge in [0.05, 0.1) is 11.1 Å². The van der Waals surface area contributed by atoms with Crippen molar-refractivity contribution in [3.8, 4) is 0 Å². The number of carbonyl (C=O) groups is 1. The third-order valence-corrected chi connectivity index (χ3v) is 4.29. The molecule has 20 heavy (non-hydrogen) atoms. The zero-order valence-corrected chi connectivity index (χ0v) is 13.0. The van der Waals surface area contributed by atoms with Crippen LogP contribution in [0.5, 0.6) is 0 Å². The Kier molecular flexibility index (Phi) is 4.80. The van der Waals surface area contributed by atoms with Crippen molar-refractivity contribution in [2.75, 3.05) is 11.9 Å². The molecule has 0 radical (unpaired) electrons. The normalized spacial score (nSPS) is 14.9. The summed E-state index contributed by atoms with van der Waals surface area (Å²) in [5.74, 6) is -0.105. The fraction of sp³-hybridized carbons (Fsp3) is 0.615. The molecule has 0 bridgehead atoms. The van der Waals surface area contributed by atoms with Crippen LogP contribution in [0.2, 0.25) is 0 Å². The van der Waals surface area contributed by atoms with Gasteiger partial charge >= 0.3 is 0 Å². The van der Waals surface area contributed by atoms with E-state index in [0.29, 0.717) is 12.2 Å². The number of rotatable bonds is 6. The van der Waals surface area contributed by atoms with Gasteiger partial charge < -0.3 is 9.47 Å². The molecule has 1 aromatic heterocycles. The monoisotopic (exact) mass is 343 g/mol. The Morgan fingerprint density at radius 3 is 2.75 bits per heavy atom. The molecule has 1 saturated carbocycles. The lowest BCUT2D eigenvalue weighted by molar-refractivity contribution is -0.384. The van der Waals surface area contributed by atoms with Crippen molar-refractivity contribution in [1.82, 2.24) is 9.47 Å². The van der Waals surface area contributed by atoms with Crippen LogP contribution in [-0.2, 0) is 7.05 Å². The number of alkyl halides is 1. The molecular formula is C13H18BrN3O3. The lowest BCUT2D eigenvalue weighted by Gasteiger charge is -2.37. The number of hydrogen-bond donors (Lipinski definition) is 0. The van der Waals surface area contributed by atoms with E-state index in [1.54, 1.807) is 11.6 Å². The molecule has 1 aliphatic rings. The van der Waals surface area contributed by atoms with Crippen LogP contribution in [0.15, 0.2) is 12.3 Å². The molecule has 7 heteroatoms. The Bertz CT molecular complexity index is 511. The van der Waals surface area contributed by atoms with E-state index in [9.17, 15) is 14.9 Å². The van der Waals surface area contributed by atoms with Crippen molar-refractivity contribution in [2.24, 2.45) is 7.05 Å². The number of aromatic nitrogens is 1. The van der Waals surface area contributed by atoms with Gasteiger partial charge in [-0.25, -0.2) is 0 Å². The predicted octanol–water partition coefficient (Wildman–Crippen LogP) is 2.71. The summed E-state index contributed by atoms with van der Waals surface area (Å²) in [6, 6.07) is 1.65. The fourth-order valence-electron chi connectivity index (χ4n) is 2.39. The number of hydrogen-bond acceptors (Lipinski definition) is 3. The second-order valence-electron chi connectivity index (χ2n) is 5.08. The van der Waals surface area contributed by atoms with Crippen LogP contribution in [-0.4, -0.2) is 38.2 Å². The SMILES string of the molecule is Cn1cc([N+](=O)[O-])cc1C(=O)N(CCCBr)C1CCC1. The van der Waals surface area contributed by atoms with Crippen molar-refractivity contribution in [2.45, 2.75) is 31.7 Å². The van der Waals surface area contributed by atoms with Gasteiger partial charge in [-0.15, -0.1) is 0 Å². The quantitative estimate of drug-likeness (QED) is 0.453. The summed E-state index contributed by atoms with van der Waals surface area (Å²) in [5, 5.41) is 11.6. The second-order valence-corrected chi connectivity index (χ2v) is 5.87. The summed E-state index contributed by atoms with van der Waals surface area (Å²) >= 11 is 3.38. The van der Waals surface area contributed by atoms with E-state index < -0.39 is 4.92 Å². The highest BCUT2D eigenvalue weighted by molar-refractivity contribution is 9.09. The van der Waals surface area contributed by atoms with E-state index in [-0.39, 0.29) is 17.6 Å². The molecule has 1 heterocycles. The van der Waals surface area contributed by atoms with E-state index in [1.165, 1.54) is 12.3 Å². The maximum absolute atomic E-state index is 12.6. The van der Waals surface area contributed by atoms with Gasteiger partial charge in [-0.2, -0.15) is 0 Å². The number of nitro groups is 1. The first-order valence-corrected chi connectivity index (χ1v) is 7.84. The Morgan fingerprint density at radius 2 is 2.30 bits per heavy atom. The minimum absolute atomic E-state index is 0.0371. The van der Waals surface area contributed by atoms with Crippen molar-refractivity contribution >= 4 is 27.5 Å². The summed E-state index contributed by atoms with van der Waals surface area (Å²) in [6.45, 7) is 0.688. The summed E-state index contributed by atoms with van der Waals surface area (Å²) in [7, 11) is 1.67. The van der Waals surface area contributed by atoms with Crippen LogP contribution >= 0.6 is 15.9 Å². The summed E-state index contributed by atoms with van der Waals surface area (Å²) in [5.41, 5.74) is 0.350. The van der Waals surface area contributed by atoms with E-state index in [0.717, 1.165) is 31.0 Å². The number of halogens is 1. The average molecular weight is 344 g/mol. The maximum Gasteiger partial charge on any atom is 0.287 e. The topological polar surface area (TPSA) is 68.4 Å². The van der Waals surface area contributed by atoms with Crippen molar-refractivity contribution in [3.05, 3.63) is 28.1 Å². The molecule has 1 amide bonds. The van der Waals surface area contributed by atoms with Gasteiger partial charge in [0.2, 0.25) is 0 Å². The van der Waals surface area contributed by atoms with Crippen LogP contribution in [0.25, 0.3) is 0 Å². The molecule has 0 spiro atoms. The lowest BCUT2D eigenvalue weighted by atomic mass is 9.91. The van der Waals surface area contributed by atoms with Gasteiger partial charge in [0.1, 0.15) is 5.69 Å². The molecule has 1 aliphatic carbocycles. The average Bonchev–Trinajstić information content (AvgIpc) is 2.73. The van der Waals surface area contributed by atoms with Crippen LogP contribution in [0, 0.1) is 10.1 Å². The van der Waals surface area contributed by atoms with E-state index in [1.807, 2.05) is 4.90 Å². The van der Waals surface area contributed by atoms with Gasteiger partial charge in [0.25, 0.3) is 11.6 Å². The minimum Gasteiger partial charge on any atom is -0.340 e. The van der Waals surface area contributed by atoms with Gasteiger partial charge in [-0.3, -0.25) is 14.9 Å². The molecule has 0 aliphatic heterocycles. The molecule has 6 nitrogen and oxygen atoms in total. The Balaban J connectivity index is 2.19. The third kappa shape index (κ3) is 3.03. The molecule has 2 rings (SSSR count). The molecule has 1 aromatic rings. The van der Waals surface area contributed by atoms with E-state index in [4.69, 9.17) is 0 Å². The molecule has 110 valence electrons. The smallest absolute Gasteiger partial charge is 0.287 e. The predicted molar refractivity (Wildman–Crippen MR) is 79.2 cm³/mol. The molecule has 0 aromatic carbocycles. The van der Waals surface area contributed by atoms with Crippen molar-refractivity contribution < 1.29 is 9.72 Å². The largest absolute Gasteiger partial charge is 0.340 e. The molecule has 0 saturated heterocycles. The number of amides is 1. The first-order chi connectivity index (χ1) is 9.54. The van der Waals surface area contributed by atoms with E-state index >= 15 is 0 Å². The van der Waals surface area contributed by atoms with Crippen LogP contribution in [0.3, 0.4) is 0 Å². The van der Waals surface area contributed by atoms with Crippen molar-refractivity contribution in [3.63, 3.8) is 0 Å². The van der Waals surface area contributed by atoms with Gasteiger partial charge in [-0.1, -0.05) is 15.9 Å². The maximum atomic E-state index is 12.6. The van der Waals surface area contributed by atoms with Crippen molar-refractivity contribution in [1.29, 1.82) is 0 Å². The first-order valence-electron chi connectivity index (χ1n) is 6.72. The van der Waals surface area contributed by atoms with Crippen LogP contribution in [0.4, 0.5) is 5.69 Å². The molecule has 0 atom stereocenters. The van der Waals surface area contributed by atoms with E-state index in [2.05, 4.69) is 15.9 Å². The van der Waals surface area contributed by atoms with Gasteiger partial charge in [0, 0.05) is 31.0 Å². The minimum atomic E-state index is -0.469. The summed E-state index contributed by atoms with van der Waals surface area (Å²) < 4.78 is 1.54. The molecular weight excluding hydrogens is 326 g/mol. The highest BCUT2D eigenvalue weighted by Crippen LogP contribution is 2.27. The molecule has 1 fully saturated rings.